The third-order valence-corrected chi connectivity index (χ3v) is 7.52. The van der Waals surface area contributed by atoms with Gasteiger partial charge in [0.15, 0.2) is 5.65 Å². The van der Waals surface area contributed by atoms with E-state index in [1.165, 1.54) is 25.6 Å². The fourth-order valence-corrected chi connectivity index (χ4v) is 5.51. The highest BCUT2D eigenvalue weighted by Crippen LogP contribution is 2.29. The van der Waals surface area contributed by atoms with Gasteiger partial charge in [0, 0.05) is 44.8 Å². The molecule has 2 fully saturated rings. The lowest BCUT2D eigenvalue weighted by Crippen LogP contribution is -2.49. The van der Waals surface area contributed by atoms with Crippen LogP contribution in [0.2, 0.25) is 0 Å². The van der Waals surface area contributed by atoms with E-state index < -0.39 is 10.0 Å². The van der Waals surface area contributed by atoms with E-state index in [1.54, 1.807) is 21.8 Å². The highest BCUT2D eigenvalue weighted by atomic mass is 32.2. The Morgan fingerprint density at radius 2 is 1.91 bits per heavy atom. The smallest absolute Gasteiger partial charge is 0.254 e. The molecule has 1 aromatic carbocycles. The van der Waals surface area contributed by atoms with Crippen molar-refractivity contribution in [2.45, 2.75) is 23.8 Å². The zero-order valence-electron chi connectivity index (χ0n) is 18.4. The number of amides is 1. The van der Waals surface area contributed by atoms with Crippen LogP contribution in [0.4, 0.5) is 5.82 Å². The number of nitrogens with zero attached hydrogens (tertiary/aromatic N) is 6. The first-order valence-electron chi connectivity index (χ1n) is 10.7. The first kappa shape index (κ1) is 21.6. The highest BCUT2D eigenvalue weighted by molar-refractivity contribution is 7.89. The van der Waals surface area contributed by atoms with E-state index in [4.69, 9.17) is 4.74 Å². The van der Waals surface area contributed by atoms with Crippen LogP contribution in [0.5, 0.6) is 5.75 Å². The summed E-state index contributed by atoms with van der Waals surface area (Å²) in [4.78, 5) is 25.7. The van der Waals surface area contributed by atoms with Crippen LogP contribution in [0.15, 0.2) is 35.6 Å². The molecule has 1 saturated heterocycles. The van der Waals surface area contributed by atoms with Gasteiger partial charge >= 0.3 is 0 Å². The average Bonchev–Trinajstić information content (AvgIpc) is 3.56. The third kappa shape index (κ3) is 4.11. The standard InChI is InChI=1S/C21H25N7O4S/c1-26-19-16(12-24-26)20(23-13-22-19)27-7-9-28(10-8-27)21(29)14-3-6-17(32-2)18(11-14)33(30,31)25-15-4-5-15/h3,6,11-13,15,25H,4-5,7-10H2,1-2H3. The maximum Gasteiger partial charge on any atom is 0.254 e. The second kappa shape index (κ2) is 8.27. The summed E-state index contributed by atoms with van der Waals surface area (Å²) in [5, 5.41) is 5.12. The molecule has 2 aliphatic rings. The van der Waals surface area contributed by atoms with Crippen molar-refractivity contribution in [2.75, 3.05) is 38.2 Å². The molecule has 0 unspecified atom stereocenters. The first-order chi connectivity index (χ1) is 15.9. The van der Waals surface area contributed by atoms with Crippen LogP contribution in [-0.2, 0) is 17.1 Å². The van der Waals surface area contributed by atoms with E-state index in [2.05, 4.69) is 24.7 Å². The number of benzene rings is 1. The van der Waals surface area contributed by atoms with Gasteiger partial charge in [-0.2, -0.15) is 5.10 Å². The summed E-state index contributed by atoms with van der Waals surface area (Å²) in [6, 6.07) is 4.50. The molecule has 1 N–H and O–H groups in total. The number of sulfonamides is 1. The molecule has 11 nitrogen and oxygen atoms in total. The Morgan fingerprint density at radius 1 is 1.15 bits per heavy atom. The van der Waals surface area contributed by atoms with Gasteiger partial charge < -0.3 is 14.5 Å². The number of aromatic nitrogens is 4. The number of fused-ring (bicyclic) bond motifs is 1. The number of anilines is 1. The van der Waals surface area contributed by atoms with Crippen LogP contribution in [0.25, 0.3) is 11.0 Å². The van der Waals surface area contributed by atoms with E-state index in [0.717, 1.165) is 29.7 Å². The van der Waals surface area contributed by atoms with Gasteiger partial charge in [-0.05, 0) is 31.0 Å². The number of rotatable bonds is 6. The lowest BCUT2D eigenvalue weighted by molar-refractivity contribution is 0.0746. The quantitative estimate of drug-likeness (QED) is 0.560. The molecule has 174 valence electrons. The summed E-state index contributed by atoms with van der Waals surface area (Å²) in [6.07, 6.45) is 4.91. The van der Waals surface area contributed by atoms with Gasteiger partial charge in [-0.1, -0.05) is 0 Å². The van der Waals surface area contributed by atoms with Gasteiger partial charge in [-0.15, -0.1) is 0 Å². The van der Waals surface area contributed by atoms with Crippen molar-refractivity contribution in [3.8, 4) is 5.75 Å². The van der Waals surface area contributed by atoms with Crippen LogP contribution < -0.4 is 14.4 Å². The molecule has 12 heteroatoms. The number of aryl methyl sites for hydroxylation is 1. The van der Waals surface area contributed by atoms with Crippen molar-refractivity contribution in [3.63, 3.8) is 0 Å². The van der Waals surface area contributed by atoms with Crippen molar-refractivity contribution in [1.82, 2.24) is 29.4 Å². The van der Waals surface area contributed by atoms with Gasteiger partial charge in [0.1, 0.15) is 22.8 Å². The minimum Gasteiger partial charge on any atom is -0.495 e. The number of carbonyl (C=O) groups excluding carboxylic acids is 1. The summed E-state index contributed by atoms with van der Waals surface area (Å²) in [7, 11) is -0.518. The molecule has 0 bridgehead atoms. The van der Waals surface area contributed by atoms with Crippen molar-refractivity contribution >= 4 is 32.8 Å². The maximum absolute atomic E-state index is 13.2. The molecular formula is C21H25N7O4S. The number of carbonyl (C=O) groups is 1. The Balaban J connectivity index is 1.33. The summed E-state index contributed by atoms with van der Waals surface area (Å²) in [5.41, 5.74) is 1.07. The molecule has 1 aliphatic heterocycles. The second-order valence-corrected chi connectivity index (χ2v) is 9.93. The summed E-state index contributed by atoms with van der Waals surface area (Å²) in [6.45, 7) is 2.16. The molecule has 33 heavy (non-hydrogen) atoms. The number of hydrogen-bond acceptors (Lipinski definition) is 8. The number of nitrogens with one attached hydrogen (secondary N) is 1. The molecule has 3 heterocycles. The first-order valence-corrected chi connectivity index (χ1v) is 12.2. The molecule has 0 spiro atoms. The Hall–Kier alpha value is -3.25. The van der Waals surface area contributed by atoms with E-state index >= 15 is 0 Å². The van der Waals surface area contributed by atoms with Crippen LogP contribution in [0, 0.1) is 0 Å². The summed E-state index contributed by atoms with van der Waals surface area (Å²) in [5.74, 6) is 0.798. The average molecular weight is 472 g/mol. The number of piperazine rings is 1. The molecular weight excluding hydrogens is 446 g/mol. The zero-order valence-corrected chi connectivity index (χ0v) is 19.2. The Kier molecular flexibility index (Phi) is 5.41. The Bertz CT molecular complexity index is 1310. The summed E-state index contributed by atoms with van der Waals surface area (Å²) >= 11 is 0. The largest absolute Gasteiger partial charge is 0.495 e. The van der Waals surface area contributed by atoms with Crippen LogP contribution in [0.3, 0.4) is 0 Å². The minimum atomic E-state index is -3.77. The molecule has 1 amide bonds. The van der Waals surface area contributed by atoms with E-state index in [1.807, 2.05) is 7.05 Å². The predicted molar refractivity (Wildman–Crippen MR) is 121 cm³/mol. The molecule has 3 aromatic rings. The van der Waals surface area contributed by atoms with Crippen molar-refractivity contribution < 1.29 is 17.9 Å². The van der Waals surface area contributed by atoms with Crippen LogP contribution in [-0.4, -0.2) is 78.3 Å². The topological polar surface area (TPSA) is 123 Å². The number of methoxy groups -OCH3 is 1. The third-order valence-electron chi connectivity index (χ3n) is 5.97. The number of ether oxygens (including phenoxy) is 1. The predicted octanol–water partition coefficient (Wildman–Crippen LogP) is 0.775. The monoisotopic (exact) mass is 471 g/mol. The van der Waals surface area contributed by atoms with Crippen molar-refractivity contribution in [1.29, 1.82) is 0 Å². The fourth-order valence-electron chi connectivity index (χ4n) is 4.01. The lowest BCUT2D eigenvalue weighted by atomic mass is 10.1. The molecule has 1 saturated carbocycles. The Labute approximate surface area is 191 Å². The maximum atomic E-state index is 13.2. The molecule has 5 rings (SSSR count). The van der Waals surface area contributed by atoms with Crippen molar-refractivity contribution in [2.24, 2.45) is 7.05 Å². The van der Waals surface area contributed by atoms with Crippen LogP contribution in [0.1, 0.15) is 23.2 Å². The Morgan fingerprint density at radius 3 is 2.61 bits per heavy atom. The van der Waals surface area contributed by atoms with E-state index in [-0.39, 0.29) is 22.6 Å². The van der Waals surface area contributed by atoms with E-state index in [0.29, 0.717) is 31.7 Å². The van der Waals surface area contributed by atoms with Gasteiger partial charge in [0.05, 0.1) is 18.7 Å². The fraction of sp³-hybridized carbons (Fsp3) is 0.429. The van der Waals surface area contributed by atoms with Gasteiger partial charge in [-0.3, -0.25) is 9.48 Å². The van der Waals surface area contributed by atoms with E-state index in [9.17, 15) is 13.2 Å². The van der Waals surface area contributed by atoms with Gasteiger partial charge in [0.2, 0.25) is 10.0 Å². The SMILES string of the molecule is COc1ccc(C(=O)N2CCN(c3ncnc4c3cnn4C)CC2)cc1S(=O)(=O)NC1CC1. The molecule has 0 atom stereocenters. The van der Waals surface area contributed by atoms with Gasteiger partial charge in [-0.25, -0.2) is 23.1 Å². The summed E-state index contributed by atoms with van der Waals surface area (Å²) < 4.78 is 35.2. The zero-order chi connectivity index (χ0) is 23.2. The second-order valence-electron chi connectivity index (χ2n) is 8.24. The van der Waals surface area contributed by atoms with Gasteiger partial charge in [0.25, 0.3) is 5.91 Å². The number of hydrogen-bond donors (Lipinski definition) is 1. The van der Waals surface area contributed by atoms with Crippen molar-refractivity contribution in [3.05, 3.63) is 36.3 Å². The highest BCUT2D eigenvalue weighted by Gasteiger charge is 2.31. The molecule has 1 aliphatic carbocycles. The lowest BCUT2D eigenvalue weighted by Gasteiger charge is -2.35. The molecule has 2 aromatic heterocycles. The molecule has 0 radical (unpaired) electrons. The van der Waals surface area contributed by atoms with Crippen LogP contribution >= 0.6 is 0 Å². The normalized spacial score (nSPS) is 16.9. The minimum absolute atomic E-state index is 0.0126.